The van der Waals surface area contributed by atoms with Gasteiger partial charge in [0.25, 0.3) is 0 Å². The molecule has 2 heterocycles. The van der Waals surface area contributed by atoms with Crippen molar-refractivity contribution in [1.29, 1.82) is 5.26 Å². The summed E-state index contributed by atoms with van der Waals surface area (Å²) >= 11 is 0. The Balaban J connectivity index is 2.21. The molecular formula is C9H8N6. The van der Waals surface area contributed by atoms with Crippen LogP contribution in [0.4, 0.5) is 11.8 Å². The first-order valence-corrected chi connectivity index (χ1v) is 4.30. The highest BCUT2D eigenvalue weighted by Crippen LogP contribution is 2.09. The van der Waals surface area contributed by atoms with E-state index in [0.29, 0.717) is 17.5 Å². The minimum atomic E-state index is 0.319. The molecular weight excluding hydrogens is 192 g/mol. The molecule has 0 fully saturated rings. The van der Waals surface area contributed by atoms with Crippen molar-refractivity contribution in [3.63, 3.8) is 0 Å². The van der Waals surface area contributed by atoms with Gasteiger partial charge in [-0.1, -0.05) is 0 Å². The molecule has 0 amide bonds. The van der Waals surface area contributed by atoms with Crippen LogP contribution >= 0.6 is 0 Å². The first kappa shape index (κ1) is 9.15. The number of aromatic nitrogens is 4. The van der Waals surface area contributed by atoms with E-state index in [1.54, 1.807) is 6.07 Å². The molecule has 2 N–H and O–H groups in total. The number of hydrogen-bond acceptors (Lipinski definition) is 5. The standard InChI is InChI=1S/C9H8N6/c1-6-4-8(15-14-6)13-9-11-3-2-7(5-10)12-9/h2-4H,1H3,(H2,11,12,13,14,15). The van der Waals surface area contributed by atoms with Crippen LogP contribution in [-0.4, -0.2) is 20.2 Å². The third-order valence-corrected chi connectivity index (χ3v) is 1.72. The Morgan fingerprint density at radius 2 is 2.40 bits per heavy atom. The van der Waals surface area contributed by atoms with Gasteiger partial charge >= 0.3 is 0 Å². The zero-order valence-corrected chi connectivity index (χ0v) is 8.02. The number of anilines is 2. The van der Waals surface area contributed by atoms with Gasteiger partial charge in [-0.2, -0.15) is 10.4 Å². The van der Waals surface area contributed by atoms with Crippen molar-refractivity contribution >= 4 is 11.8 Å². The predicted octanol–water partition coefficient (Wildman–Crippen LogP) is 1.12. The maximum atomic E-state index is 8.64. The first-order valence-electron chi connectivity index (χ1n) is 4.30. The van der Waals surface area contributed by atoms with Crippen LogP contribution in [0.15, 0.2) is 18.3 Å². The molecule has 0 saturated heterocycles. The molecule has 0 aliphatic heterocycles. The number of nitrogens with one attached hydrogen (secondary N) is 2. The Bertz CT molecular complexity index is 509. The topological polar surface area (TPSA) is 90.3 Å². The number of aromatic amines is 1. The zero-order valence-electron chi connectivity index (χ0n) is 8.02. The van der Waals surface area contributed by atoms with Crippen molar-refractivity contribution in [3.8, 4) is 6.07 Å². The van der Waals surface area contributed by atoms with E-state index < -0.39 is 0 Å². The monoisotopic (exact) mass is 200 g/mol. The van der Waals surface area contributed by atoms with Crippen LogP contribution < -0.4 is 5.32 Å². The number of nitriles is 1. The van der Waals surface area contributed by atoms with Crippen molar-refractivity contribution in [2.24, 2.45) is 0 Å². The summed E-state index contributed by atoms with van der Waals surface area (Å²) < 4.78 is 0. The average Bonchev–Trinajstić information content (AvgIpc) is 2.64. The van der Waals surface area contributed by atoms with E-state index in [1.807, 2.05) is 19.1 Å². The summed E-state index contributed by atoms with van der Waals surface area (Å²) in [5, 5.41) is 18.3. The second kappa shape index (κ2) is 3.75. The Labute approximate surface area is 86.0 Å². The van der Waals surface area contributed by atoms with Gasteiger partial charge in [0.2, 0.25) is 5.95 Å². The number of nitrogens with zero attached hydrogens (tertiary/aromatic N) is 4. The van der Waals surface area contributed by atoms with Crippen LogP contribution in [0.1, 0.15) is 11.4 Å². The van der Waals surface area contributed by atoms with Crippen molar-refractivity contribution in [1.82, 2.24) is 20.2 Å². The Morgan fingerprint density at radius 3 is 3.07 bits per heavy atom. The van der Waals surface area contributed by atoms with Crippen molar-refractivity contribution in [3.05, 3.63) is 29.7 Å². The fourth-order valence-corrected chi connectivity index (χ4v) is 1.08. The van der Waals surface area contributed by atoms with Crippen molar-refractivity contribution in [2.75, 3.05) is 5.32 Å². The number of rotatable bonds is 2. The third-order valence-electron chi connectivity index (χ3n) is 1.72. The van der Waals surface area contributed by atoms with Crippen LogP contribution in [-0.2, 0) is 0 Å². The predicted molar refractivity (Wildman–Crippen MR) is 53.4 cm³/mol. The summed E-state index contributed by atoms with van der Waals surface area (Å²) in [5.74, 6) is 0.989. The molecule has 15 heavy (non-hydrogen) atoms. The van der Waals surface area contributed by atoms with Gasteiger partial charge in [0.15, 0.2) is 5.82 Å². The summed E-state index contributed by atoms with van der Waals surface area (Å²) in [6.45, 7) is 1.89. The van der Waals surface area contributed by atoms with Gasteiger partial charge in [-0.05, 0) is 13.0 Å². The maximum absolute atomic E-state index is 8.64. The van der Waals surface area contributed by atoms with Crippen molar-refractivity contribution < 1.29 is 0 Å². The average molecular weight is 200 g/mol. The Kier molecular flexibility index (Phi) is 2.29. The SMILES string of the molecule is Cc1cc(Nc2nccc(C#N)n2)n[nH]1. The summed E-state index contributed by atoms with van der Waals surface area (Å²) in [6, 6.07) is 5.30. The van der Waals surface area contributed by atoms with Crippen LogP contribution in [0.3, 0.4) is 0 Å². The molecule has 0 spiro atoms. The van der Waals surface area contributed by atoms with Gasteiger partial charge in [-0.3, -0.25) is 5.10 Å². The molecule has 2 aromatic heterocycles. The normalized spacial score (nSPS) is 9.60. The van der Waals surface area contributed by atoms with Gasteiger partial charge in [-0.25, -0.2) is 9.97 Å². The molecule has 0 atom stereocenters. The van der Waals surface area contributed by atoms with E-state index in [-0.39, 0.29) is 0 Å². The van der Waals surface area contributed by atoms with Crippen LogP contribution in [0.25, 0.3) is 0 Å². The lowest BCUT2D eigenvalue weighted by atomic mass is 10.4. The highest BCUT2D eigenvalue weighted by atomic mass is 15.2. The molecule has 6 nitrogen and oxygen atoms in total. The fraction of sp³-hybridized carbons (Fsp3) is 0.111. The summed E-state index contributed by atoms with van der Waals surface area (Å²) in [5.41, 5.74) is 1.26. The lowest BCUT2D eigenvalue weighted by molar-refractivity contribution is 1.04. The Hall–Kier alpha value is -2.42. The molecule has 2 aromatic rings. The number of hydrogen-bond donors (Lipinski definition) is 2. The Morgan fingerprint density at radius 1 is 1.53 bits per heavy atom. The van der Waals surface area contributed by atoms with E-state index in [4.69, 9.17) is 5.26 Å². The quantitative estimate of drug-likeness (QED) is 0.758. The van der Waals surface area contributed by atoms with E-state index in [9.17, 15) is 0 Å². The van der Waals surface area contributed by atoms with Gasteiger partial charge in [0, 0.05) is 18.0 Å². The summed E-state index contributed by atoms with van der Waals surface area (Å²) in [4.78, 5) is 7.92. The maximum Gasteiger partial charge on any atom is 0.229 e. The summed E-state index contributed by atoms with van der Waals surface area (Å²) in [7, 11) is 0. The van der Waals surface area contributed by atoms with Gasteiger partial charge in [0.05, 0.1) is 0 Å². The smallest absolute Gasteiger partial charge is 0.229 e. The van der Waals surface area contributed by atoms with Crippen molar-refractivity contribution in [2.45, 2.75) is 6.92 Å². The zero-order chi connectivity index (χ0) is 10.7. The lowest BCUT2D eigenvalue weighted by Crippen LogP contribution is -1.98. The molecule has 0 bridgehead atoms. The third kappa shape index (κ3) is 2.08. The molecule has 0 aliphatic rings. The highest BCUT2D eigenvalue weighted by Gasteiger charge is 2.01. The minimum absolute atomic E-state index is 0.319. The minimum Gasteiger partial charge on any atom is -0.307 e. The fourth-order valence-electron chi connectivity index (χ4n) is 1.08. The molecule has 0 aromatic carbocycles. The van der Waals surface area contributed by atoms with Gasteiger partial charge in [0.1, 0.15) is 11.8 Å². The van der Waals surface area contributed by atoms with Crippen LogP contribution in [0.2, 0.25) is 0 Å². The largest absolute Gasteiger partial charge is 0.307 e. The molecule has 0 unspecified atom stereocenters. The lowest BCUT2D eigenvalue weighted by Gasteiger charge is -1.99. The second-order valence-electron chi connectivity index (χ2n) is 2.94. The van der Waals surface area contributed by atoms with Crippen LogP contribution in [0.5, 0.6) is 0 Å². The van der Waals surface area contributed by atoms with Crippen LogP contribution in [0, 0.1) is 18.3 Å². The first-order chi connectivity index (χ1) is 7.28. The number of aryl methyl sites for hydroxylation is 1. The molecule has 2 rings (SSSR count). The molecule has 0 aliphatic carbocycles. The number of H-pyrrole nitrogens is 1. The van der Waals surface area contributed by atoms with E-state index in [1.165, 1.54) is 6.20 Å². The van der Waals surface area contributed by atoms with Gasteiger partial charge < -0.3 is 5.32 Å². The molecule has 6 heteroatoms. The van der Waals surface area contributed by atoms with E-state index in [0.717, 1.165) is 5.69 Å². The molecule has 74 valence electrons. The van der Waals surface area contributed by atoms with E-state index >= 15 is 0 Å². The second-order valence-corrected chi connectivity index (χ2v) is 2.94. The molecule has 0 saturated carbocycles. The van der Waals surface area contributed by atoms with Gasteiger partial charge in [-0.15, -0.1) is 0 Å². The summed E-state index contributed by atoms with van der Waals surface area (Å²) in [6.07, 6.45) is 1.52. The molecule has 0 radical (unpaired) electrons. The highest BCUT2D eigenvalue weighted by molar-refractivity contribution is 5.48. The van der Waals surface area contributed by atoms with E-state index in [2.05, 4.69) is 25.5 Å².